The summed E-state index contributed by atoms with van der Waals surface area (Å²) in [6.45, 7) is 7.72. The highest BCUT2D eigenvalue weighted by Crippen LogP contribution is 2.19. The maximum Gasteiger partial charge on any atom is 0.268 e. The van der Waals surface area contributed by atoms with E-state index in [1.165, 1.54) is 0 Å². The lowest BCUT2D eigenvalue weighted by Gasteiger charge is -2.13. The summed E-state index contributed by atoms with van der Waals surface area (Å²) in [6, 6.07) is 1.99. The quantitative estimate of drug-likeness (QED) is 0.868. The first kappa shape index (κ1) is 15.8. The van der Waals surface area contributed by atoms with Crippen molar-refractivity contribution >= 4 is 27.7 Å². The first-order chi connectivity index (χ1) is 8.81. The van der Waals surface area contributed by atoms with Crippen molar-refractivity contribution in [3.8, 4) is 0 Å². The van der Waals surface area contributed by atoms with Crippen molar-refractivity contribution in [2.75, 3.05) is 6.54 Å². The molecule has 2 N–H and O–H groups in total. The largest absolute Gasteiger partial charge is 0.352 e. The van der Waals surface area contributed by atoms with E-state index in [2.05, 4.69) is 26.6 Å². The Labute approximate surface area is 121 Å². The average Bonchev–Trinajstić information content (AvgIpc) is 2.67. The Balaban J connectivity index is 2.66. The third-order valence-corrected chi connectivity index (χ3v) is 2.90. The fraction of sp³-hybridized carbons (Fsp3) is 0.538. The first-order valence-corrected chi connectivity index (χ1v) is 7.05. The minimum Gasteiger partial charge on any atom is -0.352 e. The van der Waals surface area contributed by atoms with Gasteiger partial charge in [0.2, 0.25) is 5.91 Å². The second-order valence-corrected chi connectivity index (χ2v) is 5.87. The van der Waals surface area contributed by atoms with Crippen LogP contribution in [0.1, 0.15) is 44.2 Å². The Bertz CT molecular complexity index is 466. The van der Waals surface area contributed by atoms with E-state index in [0.717, 1.165) is 4.47 Å². The van der Waals surface area contributed by atoms with Gasteiger partial charge in [0, 0.05) is 22.8 Å². The normalized spacial score (nSPS) is 10.9. The van der Waals surface area contributed by atoms with Crippen LogP contribution in [0.3, 0.4) is 0 Å². The van der Waals surface area contributed by atoms with E-state index in [0.29, 0.717) is 5.69 Å². The molecule has 19 heavy (non-hydrogen) atoms. The van der Waals surface area contributed by atoms with Gasteiger partial charge in [-0.3, -0.25) is 9.59 Å². The Morgan fingerprint density at radius 3 is 2.47 bits per heavy atom. The molecule has 0 aliphatic heterocycles. The maximum absolute atomic E-state index is 12.0. The van der Waals surface area contributed by atoms with Gasteiger partial charge in [0.05, 0.1) is 6.54 Å². The molecule has 0 radical (unpaired) electrons. The molecule has 0 aliphatic carbocycles. The molecule has 0 spiro atoms. The molecule has 0 bridgehead atoms. The summed E-state index contributed by atoms with van der Waals surface area (Å²) < 4.78 is 2.71. The molecule has 0 aliphatic rings. The van der Waals surface area contributed by atoms with Gasteiger partial charge in [0.1, 0.15) is 5.69 Å². The van der Waals surface area contributed by atoms with E-state index in [1.54, 1.807) is 6.07 Å². The number of hydrogen-bond donors (Lipinski definition) is 2. The van der Waals surface area contributed by atoms with Gasteiger partial charge in [-0.2, -0.15) is 0 Å². The zero-order valence-corrected chi connectivity index (χ0v) is 13.2. The van der Waals surface area contributed by atoms with Crippen LogP contribution in [0.4, 0.5) is 0 Å². The van der Waals surface area contributed by atoms with Crippen LogP contribution in [-0.4, -0.2) is 29.0 Å². The van der Waals surface area contributed by atoms with Crippen LogP contribution >= 0.6 is 15.9 Å². The number of nitrogens with zero attached hydrogens (tertiary/aromatic N) is 1. The Kier molecular flexibility index (Phi) is 5.60. The van der Waals surface area contributed by atoms with Gasteiger partial charge in [-0.05, 0) is 49.7 Å². The fourth-order valence-corrected chi connectivity index (χ4v) is 2.12. The smallest absolute Gasteiger partial charge is 0.268 e. The summed E-state index contributed by atoms with van der Waals surface area (Å²) in [7, 11) is 0. The van der Waals surface area contributed by atoms with Crippen molar-refractivity contribution in [1.82, 2.24) is 15.2 Å². The van der Waals surface area contributed by atoms with Crippen LogP contribution in [0.15, 0.2) is 16.7 Å². The number of nitrogens with one attached hydrogen (secondary N) is 2. The number of carbonyl (C=O) groups excluding carboxylic acids is 2. The van der Waals surface area contributed by atoms with Gasteiger partial charge in [0.25, 0.3) is 5.91 Å². The molecule has 106 valence electrons. The predicted molar refractivity (Wildman–Crippen MR) is 78.1 cm³/mol. The lowest BCUT2D eigenvalue weighted by Crippen LogP contribution is -2.40. The summed E-state index contributed by atoms with van der Waals surface area (Å²) in [5.74, 6) is -0.441. The molecule has 0 fully saturated rings. The van der Waals surface area contributed by atoms with Gasteiger partial charge >= 0.3 is 0 Å². The maximum atomic E-state index is 12.0. The first-order valence-electron chi connectivity index (χ1n) is 6.26. The number of carbonyl (C=O) groups is 2. The lowest BCUT2D eigenvalue weighted by atomic mass is 10.3. The molecule has 2 amide bonds. The summed E-state index contributed by atoms with van der Waals surface area (Å²) in [5.41, 5.74) is 0.541. The summed E-state index contributed by atoms with van der Waals surface area (Å²) >= 11 is 3.35. The summed E-state index contributed by atoms with van der Waals surface area (Å²) in [5, 5.41) is 5.34. The molecule has 1 heterocycles. The number of aromatic nitrogens is 1. The zero-order valence-electron chi connectivity index (χ0n) is 11.7. The van der Waals surface area contributed by atoms with E-state index >= 15 is 0 Å². The molecule has 6 heteroatoms. The minimum absolute atomic E-state index is 0.0160. The van der Waals surface area contributed by atoms with Crippen molar-refractivity contribution in [3.63, 3.8) is 0 Å². The standard InChI is InChI=1S/C13H20BrN3O2/c1-8(2)16-12(18)6-15-13(19)11-5-10(14)7-17(11)9(3)4/h5,7-9H,6H2,1-4H3,(H,15,19)(H,16,18). The molecule has 1 rings (SSSR count). The van der Waals surface area contributed by atoms with E-state index in [-0.39, 0.29) is 30.4 Å². The average molecular weight is 330 g/mol. The van der Waals surface area contributed by atoms with Gasteiger partial charge in [-0.1, -0.05) is 0 Å². The lowest BCUT2D eigenvalue weighted by molar-refractivity contribution is -0.120. The van der Waals surface area contributed by atoms with Crippen molar-refractivity contribution in [3.05, 3.63) is 22.4 Å². The molecule has 0 saturated carbocycles. The Morgan fingerprint density at radius 2 is 1.95 bits per heavy atom. The Morgan fingerprint density at radius 1 is 1.32 bits per heavy atom. The highest BCUT2D eigenvalue weighted by Gasteiger charge is 2.15. The molecular weight excluding hydrogens is 310 g/mol. The van der Waals surface area contributed by atoms with Gasteiger partial charge in [-0.15, -0.1) is 0 Å². The van der Waals surface area contributed by atoms with Gasteiger partial charge in [0.15, 0.2) is 0 Å². The van der Waals surface area contributed by atoms with E-state index in [9.17, 15) is 9.59 Å². The second-order valence-electron chi connectivity index (χ2n) is 4.95. The van der Waals surface area contributed by atoms with Crippen LogP contribution < -0.4 is 10.6 Å². The monoisotopic (exact) mass is 329 g/mol. The fourth-order valence-electron chi connectivity index (χ4n) is 1.68. The molecule has 1 aromatic heterocycles. The molecular formula is C13H20BrN3O2. The van der Waals surface area contributed by atoms with E-state index in [4.69, 9.17) is 0 Å². The third-order valence-electron chi connectivity index (χ3n) is 2.46. The van der Waals surface area contributed by atoms with Crippen molar-refractivity contribution in [2.45, 2.75) is 39.8 Å². The molecule has 0 unspecified atom stereocenters. The van der Waals surface area contributed by atoms with Gasteiger partial charge in [-0.25, -0.2) is 0 Å². The minimum atomic E-state index is -0.252. The highest BCUT2D eigenvalue weighted by atomic mass is 79.9. The SMILES string of the molecule is CC(C)NC(=O)CNC(=O)c1cc(Br)cn1C(C)C. The summed E-state index contributed by atoms with van der Waals surface area (Å²) in [4.78, 5) is 23.5. The number of halogens is 1. The molecule has 0 saturated heterocycles. The zero-order chi connectivity index (χ0) is 14.6. The summed E-state index contributed by atoms with van der Waals surface area (Å²) in [6.07, 6.45) is 1.85. The number of amides is 2. The molecule has 5 nitrogen and oxygen atoms in total. The second kappa shape index (κ2) is 6.75. The van der Waals surface area contributed by atoms with Crippen LogP contribution in [0.5, 0.6) is 0 Å². The van der Waals surface area contributed by atoms with Crippen molar-refractivity contribution in [1.29, 1.82) is 0 Å². The van der Waals surface area contributed by atoms with Crippen LogP contribution in [-0.2, 0) is 4.79 Å². The van der Waals surface area contributed by atoms with E-state index in [1.807, 2.05) is 38.5 Å². The molecule has 1 aromatic rings. The number of rotatable bonds is 5. The van der Waals surface area contributed by atoms with E-state index < -0.39 is 0 Å². The Hall–Kier alpha value is -1.30. The topological polar surface area (TPSA) is 63.1 Å². The molecule has 0 atom stereocenters. The highest BCUT2D eigenvalue weighted by molar-refractivity contribution is 9.10. The van der Waals surface area contributed by atoms with Gasteiger partial charge < -0.3 is 15.2 Å². The molecule has 0 aromatic carbocycles. The van der Waals surface area contributed by atoms with Crippen LogP contribution in [0.2, 0.25) is 0 Å². The van der Waals surface area contributed by atoms with Crippen molar-refractivity contribution in [2.24, 2.45) is 0 Å². The van der Waals surface area contributed by atoms with Crippen LogP contribution in [0.25, 0.3) is 0 Å². The predicted octanol–water partition coefficient (Wildman–Crippen LogP) is 2.09. The number of hydrogen-bond acceptors (Lipinski definition) is 2. The third kappa shape index (κ3) is 4.70. The van der Waals surface area contributed by atoms with Crippen molar-refractivity contribution < 1.29 is 9.59 Å². The van der Waals surface area contributed by atoms with Crippen LogP contribution in [0, 0.1) is 0 Å².